The Kier molecular flexibility index (Phi) is 3.43. The van der Waals surface area contributed by atoms with Gasteiger partial charge < -0.3 is 10.4 Å². The Morgan fingerprint density at radius 2 is 1.95 bits per heavy atom. The molecule has 0 aromatic heterocycles. The zero-order chi connectivity index (χ0) is 15.0. The van der Waals surface area contributed by atoms with Gasteiger partial charge in [-0.15, -0.1) is 0 Å². The maximum atomic E-state index is 13.6. The van der Waals surface area contributed by atoms with E-state index in [2.05, 4.69) is 5.32 Å². The third-order valence-electron chi connectivity index (χ3n) is 3.66. The molecule has 0 fully saturated rings. The van der Waals surface area contributed by atoms with Crippen molar-refractivity contribution in [1.82, 2.24) is 5.32 Å². The van der Waals surface area contributed by atoms with Crippen LogP contribution in [0.4, 0.5) is 8.78 Å². The van der Waals surface area contributed by atoms with Crippen molar-refractivity contribution in [1.29, 1.82) is 0 Å². The molecule has 0 saturated heterocycles. The van der Waals surface area contributed by atoms with Crippen LogP contribution in [-0.2, 0) is 6.42 Å². The van der Waals surface area contributed by atoms with Crippen LogP contribution in [0.3, 0.4) is 0 Å². The first-order valence-electron chi connectivity index (χ1n) is 6.58. The van der Waals surface area contributed by atoms with E-state index in [1.165, 1.54) is 0 Å². The van der Waals surface area contributed by atoms with Crippen LogP contribution in [-0.4, -0.2) is 17.1 Å². The number of nitrogens with one attached hydrogen (secondary N) is 1. The molecule has 2 aromatic carbocycles. The fourth-order valence-corrected chi connectivity index (χ4v) is 2.64. The minimum absolute atomic E-state index is 0.369. The zero-order valence-electron chi connectivity index (χ0n) is 11.0. The Labute approximate surface area is 120 Å². The van der Waals surface area contributed by atoms with Gasteiger partial charge in [0.15, 0.2) is 0 Å². The van der Waals surface area contributed by atoms with Crippen LogP contribution in [0.1, 0.15) is 27.5 Å². The van der Waals surface area contributed by atoms with Gasteiger partial charge >= 0.3 is 0 Å². The molecule has 1 amide bonds. The second-order valence-corrected chi connectivity index (χ2v) is 5.05. The fraction of sp³-hybridized carbons (Fsp3) is 0.188. The van der Waals surface area contributed by atoms with E-state index in [-0.39, 0.29) is 5.56 Å². The number of carbonyl (C=O) groups is 1. The van der Waals surface area contributed by atoms with Crippen molar-refractivity contribution >= 4 is 5.91 Å². The van der Waals surface area contributed by atoms with Gasteiger partial charge in [0.2, 0.25) is 0 Å². The van der Waals surface area contributed by atoms with E-state index in [0.717, 1.165) is 29.3 Å². The molecule has 3 rings (SSSR count). The first-order chi connectivity index (χ1) is 10.1. The van der Waals surface area contributed by atoms with Crippen molar-refractivity contribution in [2.24, 2.45) is 0 Å². The molecule has 108 valence electrons. The number of amides is 1. The number of aliphatic hydroxyl groups excluding tert-OH is 1. The van der Waals surface area contributed by atoms with E-state index >= 15 is 0 Å². The van der Waals surface area contributed by atoms with E-state index in [9.17, 15) is 18.7 Å². The van der Waals surface area contributed by atoms with Gasteiger partial charge in [0, 0.05) is 6.42 Å². The lowest BCUT2D eigenvalue weighted by Gasteiger charge is -2.18. The highest BCUT2D eigenvalue weighted by molar-refractivity contribution is 5.94. The van der Waals surface area contributed by atoms with Gasteiger partial charge in [-0.05, 0) is 29.3 Å². The molecule has 21 heavy (non-hydrogen) atoms. The largest absolute Gasteiger partial charge is 0.390 e. The summed E-state index contributed by atoms with van der Waals surface area (Å²) in [6.45, 7) is 0. The predicted octanol–water partition coefficient (Wildman–Crippen LogP) is 2.35. The maximum absolute atomic E-state index is 13.6. The van der Waals surface area contributed by atoms with E-state index < -0.39 is 29.7 Å². The van der Waals surface area contributed by atoms with Crippen molar-refractivity contribution in [3.8, 4) is 0 Å². The number of carbonyl (C=O) groups excluding carboxylic acids is 1. The highest BCUT2D eigenvalue weighted by Gasteiger charge is 2.32. The Hall–Kier alpha value is -2.27. The minimum atomic E-state index is -0.797. The Morgan fingerprint density at radius 1 is 1.19 bits per heavy atom. The van der Waals surface area contributed by atoms with Gasteiger partial charge in [0.05, 0.1) is 17.7 Å². The zero-order valence-corrected chi connectivity index (χ0v) is 11.0. The molecule has 0 spiro atoms. The van der Waals surface area contributed by atoms with Crippen LogP contribution >= 0.6 is 0 Å². The lowest BCUT2D eigenvalue weighted by atomic mass is 10.1. The summed E-state index contributed by atoms with van der Waals surface area (Å²) in [4.78, 5) is 12.1. The number of benzene rings is 2. The highest BCUT2D eigenvalue weighted by atomic mass is 19.1. The van der Waals surface area contributed by atoms with Crippen LogP contribution in [0.25, 0.3) is 0 Å². The molecule has 0 radical (unpaired) electrons. The van der Waals surface area contributed by atoms with Gasteiger partial charge in [0.1, 0.15) is 11.6 Å². The lowest BCUT2D eigenvalue weighted by molar-refractivity contribution is 0.0854. The molecule has 0 heterocycles. The second-order valence-electron chi connectivity index (χ2n) is 5.05. The van der Waals surface area contributed by atoms with Gasteiger partial charge in [-0.1, -0.05) is 24.3 Å². The third-order valence-corrected chi connectivity index (χ3v) is 3.66. The summed E-state index contributed by atoms with van der Waals surface area (Å²) >= 11 is 0. The van der Waals surface area contributed by atoms with Crippen molar-refractivity contribution in [2.75, 3.05) is 0 Å². The van der Waals surface area contributed by atoms with Crippen molar-refractivity contribution < 1.29 is 18.7 Å². The maximum Gasteiger partial charge on any atom is 0.254 e. The SMILES string of the molecule is O=C(N[C@@H]1c2ccccc2C[C@@H]1O)c1cc(F)ccc1F. The minimum Gasteiger partial charge on any atom is -0.390 e. The van der Waals surface area contributed by atoms with Crippen molar-refractivity contribution in [2.45, 2.75) is 18.6 Å². The van der Waals surface area contributed by atoms with Gasteiger partial charge in [-0.3, -0.25) is 4.79 Å². The summed E-state index contributed by atoms with van der Waals surface area (Å²) in [6, 6.07) is 9.41. The Bertz CT molecular complexity index is 702. The smallest absolute Gasteiger partial charge is 0.254 e. The van der Waals surface area contributed by atoms with Gasteiger partial charge in [-0.2, -0.15) is 0 Å². The molecule has 3 nitrogen and oxygen atoms in total. The summed E-state index contributed by atoms with van der Waals surface area (Å²) in [5, 5.41) is 12.6. The molecule has 2 aromatic rings. The number of fused-ring (bicyclic) bond motifs is 1. The molecular weight excluding hydrogens is 276 g/mol. The fourth-order valence-electron chi connectivity index (χ4n) is 2.64. The molecule has 0 saturated carbocycles. The van der Waals surface area contributed by atoms with E-state index in [1.54, 1.807) is 12.1 Å². The van der Waals surface area contributed by atoms with Crippen LogP contribution in [0, 0.1) is 11.6 Å². The molecular formula is C16H13F2NO2. The summed E-state index contributed by atoms with van der Waals surface area (Å²) in [6.07, 6.45) is -0.352. The van der Waals surface area contributed by atoms with Crippen molar-refractivity contribution in [3.63, 3.8) is 0 Å². The average molecular weight is 289 g/mol. The number of aliphatic hydroxyl groups is 1. The van der Waals surface area contributed by atoms with Crippen LogP contribution < -0.4 is 5.32 Å². The van der Waals surface area contributed by atoms with Crippen LogP contribution in [0.15, 0.2) is 42.5 Å². The first-order valence-corrected chi connectivity index (χ1v) is 6.58. The second kappa shape index (κ2) is 5.26. The number of halogens is 2. The summed E-state index contributed by atoms with van der Waals surface area (Å²) in [5.41, 5.74) is 1.37. The molecule has 1 aliphatic rings. The molecule has 0 bridgehead atoms. The Balaban J connectivity index is 1.87. The van der Waals surface area contributed by atoms with Crippen LogP contribution in [0.2, 0.25) is 0 Å². The van der Waals surface area contributed by atoms with Crippen molar-refractivity contribution in [3.05, 3.63) is 70.8 Å². The molecule has 2 N–H and O–H groups in total. The molecule has 5 heteroatoms. The number of hydrogen-bond donors (Lipinski definition) is 2. The number of hydrogen-bond acceptors (Lipinski definition) is 2. The summed E-state index contributed by atoms with van der Waals surface area (Å²) in [7, 11) is 0. The van der Waals surface area contributed by atoms with E-state index in [1.807, 2.05) is 12.1 Å². The summed E-state index contributed by atoms with van der Waals surface area (Å²) in [5.74, 6) is -2.23. The van der Waals surface area contributed by atoms with E-state index in [4.69, 9.17) is 0 Å². The quantitative estimate of drug-likeness (QED) is 0.891. The third kappa shape index (κ3) is 2.52. The molecule has 2 atom stereocenters. The topological polar surface area (TPSA) is 49.3 Å². The van der Waals surface area contributed by atoms with Crippen LogP contribution in [0.5, 0.6) is 0 Å². The van der Waals surface area contributed by atoms with Gasteiger partial charge in [0.25, 0.3) is 5.91 Å². The molecule has 0 unspecified atom stereocenters. The molecule has 1 aliphatic carbocycles. The first kappa shape index (κ1) is 13.7. The lowest BCUT2D eigenvalue weighted by Crippen LogP contribution is -2.34. The van der Waals surface area contributed by atoms with E-state index in [0.29, 0.717) is 6.42 Å². The monoisotopic (exact) mass is 289 g/mol. The molecule has 0 aliphatic heterocycles. The summed E-state index contributed by atoms with van der Waals surface area (Å²) < 4.78 is 26.7. The predicted molar refractivity (Wildman–Crippen MR) is 72.7 cm³/mol. The number of rotatable bonds is 2. The highest BCUT2D eigenvalue weighted by Crippen LogP contribution is 2.31. The standard InChI is InChI=1S/C16H13F2NO2/c17-10-5-6-13(18)12(8-10)16(21)19-15-11-4-2-1-3-9(11)7-14(15)20/h1-6,8,14-15,20H,7H2,(H,19,21)/t14-,15+/m0/s1. The average Bonchev–Trinajstić information content (AvgIpc) is 2.78. The van der Waals surface area contributed by atoms with Gasteiger partial charge in [-0.25, -0.2) is 8.78 Å². The normalized spacial score (nSPS) is 20.1. The Morgan fingerprint density at radius 3 is 2.76 bits per heavy atom.